The smallest absolute Gasteiger partial charge is 0.245 e. The fraction of sp³-hybridized carbons (Fsp3) is 0.261. The minimum atomic E-state index is -2.73. The van der Waals surface area contributed by atoms with Gasteiger partial charge in [-0.3, -0.25) is 4.79 Å². The van der Waals surface area contributed by atoms with E-state index in [4.69, 9.17) is 36.8 Å². The molecule has 0 bridgehead atoms. The van der Waals surface area contributed by atoms with Gasteiger partial charge in [0.15, 0.2) is 17.3 Å². The molecule has 7 nitrogen and oxygen atoms in total. The third-order valence-electron chi connectivity index (χ3n) is 5.32. The van der Waals surface area contributed by atoms with Crippen molar-refractivity contribution in [3.05, 3.63) is 59.1 Å². The number of aromatic nitrogens is 2. The summed E-state index contributed by atoms with van der Waals surface area (Å²) in [5.41, 5.74) is 0.375. The molecule has 0 unspecified atom stereocenters. The third kappa shape index (κ3) is 4.82. The van der Waals surface area contributed by atoms with Crippen LogP contribution >= 0.6 is 23.2 Å². The average Bonchev–Trinajstić information content (AvgIpc) is 2.84. The van der Waals surface area contributed by atoms with Gasteiger partial charge in [0.25, 0.3) is 0 Å². The molecule has 2 heterocycles. The number of carbonyl (C=O) groups is 1. The Morgan fingerprint density at radius 2 is 2.09 bits per heavy atom. The number of piperidine rings is 1. The summed E-state index contributed by atoms with van der Waals surface area (Å²) < 4.78 is 48.6. The van der Waals surface area contributed by atoms with Crippen LogP contribution in [0, 0.1) is 5.82 Å². The van der Waals surface area contributed by atoms with Crippen molar-refractivity contribution in [2.24, 2.45) is 0 Å². The summed E-state index contributed by atoms with van der Waals surface area (Å²) in [5.74, 6) is -0.561. The van der Waals surface area contributed by atoms with E-state index in [2.05, 4.69) is 21.9 Å². The number of nitrogens with zero attached hydrogens (tertiary/aromatic N) is 3. The van der Waals surface area contributed by atoms with Crippen molar-refractivity contribution in [1.29, 1.82) is 0 Å². The lowest BCUT2D eigenvalue weighted by atomic mass is 10.1. The number of ether oxygens (including phenoxy) is 2. The number of nitrogens with one attached hydrogen (secondary N) is 1. The lowest BCUT2D eigenvalue weighted by Gasteiger charge is -2.31. The third-order valence-corrected chi connectivity index (χ3v) is 6.10. The minimum absolute atomic E-state index is 0.0301. The Bertz CT molecular complexity index is 1320. The van der Waals surface area contributed by atoms with Gasteiger partial charge in [-0.1, -0.05) is 29.8 Å². The molecular formula is C23H21Cl2FN4O3. The summed E-state index contributed by atoms with van der Waals surface area (Å²) in [6.07, 6.45) is 3.25. The van der Waals surface area contributed by atoms with E-state index < -0.39 is 12.9 Å². The van der Waals surface area contributed by atoms with Crippen LogP contribution < -0.4 is 14.8 Å². The van der Waals surface area contributed by atoms with Gasteiger partial charge < -0.3 is 19.7 Å². The fourth-order valence-electron chi connectivity index (χ4n) is 3.59. The zero-order valence-electron chi connectivity index (χ0n) is 20.3. The molecule has 1 amide bonds. The largest absolute Gasteiger partial charge is 0.493 e. The number of benzene rings is 2. The number of carbonyl (C=O) groups excluding carboxylic acids is 1. The molecular weight excluding hydrogens is 470 g/mol. The molecule has 172 valence electrons. The summed E-state index contributed by atoms with van der Waals surface area (Å²) in [7, 11) is -2.73. The molecule has 1 aliphatic rings. The first-order valence-corrected chi connectivity index (χ1v) is 10.8. The van der Waals surface area contributed by atoms with Crippen LogP contribution in [0.5, 0.6) is 11.5 Å². The van der Waals surface area contributed by atoms with Crippen molar-refractivity contribution in [2.45, 2.75) is 18.9 Å². The quantitative estimate of drug-likeness (QED) is 0.366. The number of anilines is 2. The van der Waals surface area contributed by atoms with Crippen LogP contribution in [-0.2, 0) is 4.79 Å². The molecule has 4 rings (SSSR count). The van der Waals surface area contributed by atoms with Crippen LogP contribution in [0.3, 0.4) is 0 Å². The van der Waals surface area contributed by atoms with Crippen molar-refractivity contribution in [2.75, 3.05) is 25.4 Å². The van der Waals surface area contributed by atoms with E-state index in [9.17, 15) is 9.18 Å². The van der Waals surface area contributed by atoms with E-state index in [1.54, 1.807) is 4.90 Å². The van der Waals surface area contributed by atoms with Crippen LogP contribution in [0.15, 0.2) is 43.2 Å². The Morgan fingerprint density at radius 1 is 1.30 bits per heavy atom. The molecule has 0 atom stereocenters. The number of likely N-dealkylation sites (tertiary alicyclic amines) is 1. The van der Waals surface area contributed by atoms with Gasteiger partial charge in [-0.25, -0.2) is 14.4 Å². The van der Waals surface area contributed by atoms with E-state index in [1.165, 1.54) is 36.7 Å². The van der Waals surface area contributed by atoms with Crippen molar-refractivity contribution in [3.8, 4) is 11.5 Å². The van der Waals surface area contributed by atoms with E-state index in [0.29, 0.717) is 36.8 Å². The number of hydrogen-bond acceptors (Lipinski definition) is 6. The number of hydrogen-bond donors (Lipinski definition) is 1. The molecule has 3 aromatic rings. The lowest BCUT2D eigenvalue weighted by molar-refractivity contribution is -0.127. The second kappa shape index (κ2) is 9.80. The molecule has 1 aliphatic heterocycles. The van der Waals surface area contributed by atoms with Gasteiger partial charge in [-0.05, 0) is 24.3 Å². The molecule has 2 aromatic carbocycles. The van der Waals surface area contributed by atoms with Gasteiger partial charge in [0.2, 0.25) is 5.91 Å². The number of rotatable bonds is 6. The van der Waals surface area contributed by atoms with Crippen LogP contribution in [0.25, 0.3) is 10.9 Å². The summed E-state index contributed by atoms with van der Waals surface area (Å²) >= 11 is 11.8. The summed E-state index contributed by atoms with van der Waals surface area (Å²) in [4.78, 5) is 21.9. The second-order valence-electron chi connectivity index (χ2n) is 7.33. The van der Waals surface area contributed by atoms with Gasteiger partial charge in [-0.2, -0.15) is 0 Å². The van der Waals surface area contributed by atoms with E-state index in [-0.39, 0.29) is 45.1 Å². The maximum absolute atomic E-state index is 14.6. The Kier molecular flexibility index (Phi) is 5.76. The molecule has 1 saturated heterocycles. The molecule has 0 saturated carbocycles. The van der Waals surface area contributed by atoms with Crippen LogP contribution in [0.2, 0.25) is 10.0 Å². The van der Waals surface area contributed by atoms with E-state index >= 15 is 0 Å². The van der Waals surface area contributed by atoms with E-state index in [1.807, 2.05) is 0 Å². The van der Waals surface area contributed by atoms with E-state index in [0.717, 1.165) is 0 Å². The Labute approximate surface area is 204 Å². The predicted octanol–water partition coefficient (Wildman–Crippen LogP) is 5.38. The van der Waals surface area contributed by atoms with Gasteiger partial charge in [0.05, 0.1) is 32.4 Å². The summed E-state index contributed by atoms with van der Waals surface area (Å²) in [5, 5.41) is 3.13. The zero-order chi connectivity index (χ0) is 26.0. The standard InChI is InChI=1S/C23H21Cl2FN4O3/c1-3-20(31)30-8-6-13(7-9-30)33-19-10-14-17(11-18(19)32-2)27-12-28-23(14)29-16-5-4-15(24)21(25)22(16)26/h3-5,10-13H,1,6-9H2,2H3,(H,27,28,29)/i2D3. The number of methoxy groups -OCH3 is 1. The first-order chi connectivity index (χ1) is 17.1. The van der Waals surface area contributed by atoms with Crippen molar-refractivity contribution < 1.29 is 22.8 Å². The molecule has 33 heavy (non-hydrogen) atoms. The highest BCUT2D eigenvalue weighted by molar-refractivity contribution is 6.42. The maximum Gasteiger partial charge on any atom is 0.245 e. The molecule has 1 aromatic heterocycles. The highest BCUT2D eigenvalue weighted by Gasteiger charge is 2.24. The Hall–Kier alpha value is -3.10. The van der Waals surface area contributed by atoms with Crippen molar-refractivity contribution >= 4 is 51.5 Å². The normalized spacial score (nSPS) is 16.0. The Balaban J connectivity index is 1.69. The van der Waals surface area contributed by atoms with Gasteiger partial charge in [-0.15, -0.1) is 0 Å². The summed E-state index contributed by atoms with van der Waals surface area (Å²) in [6, 6.07) is 5.82. The predicted molar refractivity (Wildman–Crippen MR) is 126 cm³/mol. The number of amides is 1. The number of fused-ring (bicyclic) bond motifs is 1. The topological polar surface area (TPSA) is 76.6 Å². The monoisotopic (exact) mass is 493 g/mol. The molecule has 10 heteroatoms. The first-order valence-electron chi connectivity index (χ1n) is 11.5. The van der Waals surface area contributed by atoms with Crippen molar-refractivity contribution in [1.82, 2.24) is 14.9 Å². The summed E-state index contributed by atoms with van der Waals surface area (Å²) in [6.45, 7) is 4.43. The number of halogens is 3. The molecule has 1 N–H and O–H groups in total. The second-order valence-corrected chi connectivity index (χ2v) is 8.12. The highest BCUT2D eigenvalue weighted by Crippen LogP contribution is 2.37. The fourth-order valence-corrected chi connectivity index (χ4v) is 3.90. The lowest BCUT2D eigenvalue weighted by Crippen LogP contribution is -2.41. The minimum Gasteiger partial charge on any atom is -0.493 e. The highest BCUT2D eigenvalue weighted by atomic mass is 35.5. The van der Waals surface area contributed by atoms with Crippen LogP contribution in [0.4, 0.5) is 15.9 Å². The zero-order valence-corrected chi connectivity index (χ0v) is 18.8. The average molecular weight is 494 g/mol. The molecule has 1 fully saturated rings. The molecule has 0 spiro atoms. The van der Waals surface area contributed by atoms with Gasteiger partial charge in [0, 0.05) is 37.4 Å². The Morgan fingerprint density at radius 3 is 2.82 bits per heavy atom. The van der Waals surface area contributed by atoms with Crippen LogP contribution in [0.1, 0.15) is 17.0 Å². The van der Waals surface area contributed by atoms with Crippen LogP contribution in [-0.4, -0.2) is 47.0 Å². The van der Waals surface area contributed by atoms with Crippen molar-refractivity contribution in [3.63, 3.8) is 0 Å². The molecule has 0 aliphatic carbocycles. The maximum atomic E-state index is 14.6. The molecule has 0 radical (unpaired) electrons. The SMILES string of the molecule is [2H]C([2H])([2H])Oc1cc2ncnc(Nc3ccc(Cl)c(Cl)c3F)c2cc1OC1CCN(C(=O)C=C)CC1. The van der Waals surface area contributed by atoms with Gasteiger partial charge in [0.1, 0.15) is 18.2 Å². The first kappa shape index (κ1) is 19.4. The van der Waals surface area contributed by atoms with Gasteiger partial charge >= 0.3 is 0 Å².